The van der Waals surface area contributed by atoms with Crippen LogP contribution in [0.1, 0.15) is 76.2 Å². The molecule has 3 aromatic carbocycles. The van der Waals surface area contributed by atoms with Crippen molar-refractivity contribution in [3.63, 3.8) is 0 Å². The van der Waals surface area contributed by atoms with E-state index in [-0.39, 0.29) is 62.4 Å². The van der Waals surface area contributed by atoms with Gasteiger partial charge in [0.25, 0.3) is 11.8 Å². The van der Waals surface area contributed by atoms with Crippen molar-refractivity contribution in [3.8, 4) is 5.69 Å². The van der Waals surface area contributed by atoms with Gasteiger partial charge in [-0.2, -0.15) is 5.10 Å². The fraction of sp³-hybridized carbons (Fsp3) is 0.367. The van der Waals surface area contributed by atoms with E-state index in [0.29, 0.717) is 17.7 Å². The maximum atomic E-state index is 15.1. The second-order valence-corrected chi connectivity index (χ2v) is 17.9. The smallest absolute Gasteiger partial charge is 0.312 e. The Morgan fingerprint density at radius 3 is 2.15 bits per heavy atom. The molecular weight excluding hydrogens is 925 g/mol. The fourth-order valence-electron chi connectivity index (χ4n) is 7.78. The van der Waals surface area contributed by atoms with Crippen molar-refractivity contribution in [1.29, 1.82) is 0 Å². The molecule has 0 saturated heterocycles. The van der Waals surface area contributed by atoms with Gasteiger partial charge in [-0.15, -0.1) is 0 Å². The number of halogens is 2. The largest absolute Gasteiger partial charge is 0.387 e. The van der Waals surface area contributed by atoms with Gasteiger partial charge < -0.3 is 48.1 Å². The van der Waals surface area contributed by atoms with Gasteiger partial charge >= 0.3 is 6.03 Å². The summed E-state index contributed by atoms with van der Waals surface area (Å²) in [5, 5.41) is 27.6. The number of rotatable bonds is 23. The Kier molecular flexibility index (Phi) is 18.8. The highest BCUT2D eigenvalue weighted by Gasteiger charge is 2.39. The first kappa shape index (κ1) is 54.1. The number of urea groups is 1. The van der Waals surface area contributed by atoms with Gasteiger partial charge in [0, 0.05) is 68.1 Å². The van der Waals surface area contributed by atoms with Crippen LogP contribution < -0.4 is 43.0 Å². The van der Waals surface area contributed by atoms with Crippen LogP contribution in [0.25, 0.3) is 5.69 Å². The third-order valence-electron chi connectivity index (χ3n) is 11.3. The van der Waals surface area contributed by atoms with E-state index in [1.54, 1.807) is 6.20 Å². The van der Waals surface area contributed by atoms with E-state index in [1.165, 1.54) is 40.8 Å². The predicted octanol–water partition coefficient (Wildman–Crippen LogP) is 2.38. The molecule has 9 amide bonds. The van der Waals surface area contributed by atoms with E-state index in [0.717, 1.165) is 40.8 Å². The molecule has 71 heavy (non-hydrogen) atoms. The number of anilines is 2. The third kappa shape index (κ3) is 15.1. The summed E-state index contributed by atoms with van der Waals surface area (Å²) < 4.78 is 30.7. The number of aliphatic hydroxyl groups is 1. The molecule has 0 bridgehead atoms. The minimum Gasteiger partial charge on any atom is -0.387 e. The van der Waals surface area contributed by atoms with Crippen LogP contribution in [-0.4, -0.2) is 112 Å². The van der Waals surface area contributed by atoms with Gasteiger partial charge in [-0.05, 0) is 73.6 Å². The number of nitrogens with two attached hydrogens (primary N) is 2. The third-order valence-corrected chi connectivity index (χ3v) is 11.3. The summed E-state index contributed by atoms with van der Waals surface area (Å²) in [7, 11) is 0. The molecule has 10 N–H and O–H groups in total. The Labute approximate surface area is 408 Å². The molecule has 1 aromatic heterocycles. The Balaban J connectivity index is 1.18. The van der Waals surface area contributed by atoms with E-state index in [1.807, 2.05) is 51.1 Å². The number of aliphatic hydroxyl groups excluding tert-OH is 1. The van der Waals surface area contributed by atoms with Crippen LogP contribution in [0.2, 0.25) is 0 Å². The lowest BCUT2D eigenvalue weighted by Gasteiger charge is -2.40. The lowest BCUT2D eigenvalue weighted by atomic mass is 9.81. The monoisotopic (exact) mass is 983 g/mol. The molecule has 22 heteroatoms. The van der Waals surface area contributed by atoms with E-state index < -0.39 is 95.2 Å². The zero-order valence-electron chi connectivity index (χ0n) is 39.7. The summed E-state index contributed by atoms with van der Waals surface area (Å²) in [6, 6.07) is 13.0. The zero-order chi connectivity index (χ0) is 52.0. The Bertz CT molecular complexity index is 2600. The van der Waals surface area contributed by atoms with Crippen molar-refractivity contribution in [1.82, 2.24) is 35.9 Å². The first-order chi connectivity index (χ1) is 33.7. The highest BCUT2D eigenvalue weighted by molar-refractivity contribution is 6.28. The number of nitrogens with zero attached hydrogens (tertiary/aromatic N) is 4. The second kappa shape index (κ2) is 24.6. The number of hydrogen-bond acceptors (Lipinski definition) is 11. The van der Waals surface area contributed by atoms with Gasteiger partial charge in [0.2, 0.25) is 29.5 Å². The lowest BCUT2D eigenvalue weighted by molar-refractivity contribution is -0.140. The summed E-state index contributed by atoms with van der Waals surface area (Å²) in [6.45, 7) is 5.80. The van der Waals surface area contributed by atoms with Gasteiger partial charge in [-0.1, -0.05) is 51.1 Å². The molecule has 0 fully saturated rings. The fourth-order valence-corrected chi connectivity index (χ4v) is 7.78. The number of aromatic nitrogens is 2. The number of imide groups is 1. The van der Waals surface area contributed by atoms with Gasteiger partial charge in [-0.3, -0.25) is 33.6 Å². The van der Waals surface area contributed by atoms with Gasteiger partial charge in [0.15, 0.2) is 0 Å². The molecule has 0 saturated carbocycles. The van der Waals surface area contributed by atoms with E-state index in [9.17, 15) is 47.9 Å². The highest BCUT2D eigenvalue weighted by atomic mass is 19.1. The van der Waals surface area contributed by atoms with E-state index >= 15 is 4.39 Å². The van der Waals surface area contributed by atoms with E-state index in [2.05, 4.69) is 26.6 Å². The van der Waals surface area contributed by atoms with Crippen molar-refractivity contribution in [2.75, 3.05) is 36.5 Å². The van der Waals surface area contributed by atoms with Crippen LogP contribution in [0.3, 0.4) is 0 Å². The van der Waals surface area contributed by atoms with Crippen molar-refractivity contribution >= 4 is 58.8 Å². The molecular formula is C49H59F2N11O9. The minimum absolute atomic E-state index is 0.0472. The number of nitrogens with one attached hydrogen (secondary N) is 5. The number of primary amides is 1. The minimum atomic E-state index is -1.20. The van der Waals surface area contributed by atoms with E-state index in [4.69, 9.17) is 16.6 Å². The Morgan fingerprint density at radius 1 is 0.845 bits per heavy atom. The zero-order valence-corrected chi connectivity index (χ0v) is 39.7. The normalized spacial score (nSPS) is 14.0. The molecule has 0 radical (unpaired) electrons. The van der Waals surface area contributed by atoms with Crippen LogP contribution in [-0.2, 0) is 40.0 Å². The van der Waals surface area contributed by atoms with Crippen LogP contribution >= 0.6 is 0 Å². The molecule has 20 nitrogen and oxygen atoms in total. The molecule has 0 aliphatic carbocycles. The second-order valence-electron chi connectivity index (χ2n) is 17.9. The molecule has 4 aromatic rings. The van der Waals surface area contributed by atoms with Crippen LogP contribution in [0.5, 0.6) is 0 Å². The summed E-state index contributed by atoms with van der Waals surface area (Å²) in [5.41, 5.74) is 12.9. The number of carbonyl (C=O) groups is 8. The predicted molar refractivity (Wildman–Crippen MR) is 257 cm³/mol. The maximum absolute atomic E-state index is 15.1. The number of carbonyl (C=O) groups excluding carboxylic acids is 8. The van der Waals surface area contributed by atoms with Crippen molar-refractivity contribution in [2.45, 2.75) is 84.0 Å². The quantitative estimate of drug-likeness (QED) is 0.0394. The van der Waals surface area contributed by atoms with Crippen molar-refractivity contribution < 1.29 is 52.2 Å². The van der Waals surface area contributed by atoms with Crippen LogP contribution in [0.15, 0.2) is 91.1 Å². The molecule has 5 rings (SSSR count). The topological polar surface area (TPSA) is 293 Å². The standard InChI is InChI=1S/C49H59F2N11O9/c1-29(45(68)58-37(11-8-22-55-48(53)71)47(70)57-33-13-15-34(16-14-33)62-40(65)18-19-41(62)66)56-39(64)20-23-54-46(69)36(52)21-24-60(42(67)28-63)44(49(2,3)4)43-31(25-30-9-6-5-7-10-30)27-61(59-43)38-26-32(50)12-17-35(38)51/h5-7,9-10,12-19,26-27,29,36-37,44,63H,8,11,20-25,28,52H2,1-4H3,(H,54,69)(H,56,64)(H,57,70)(H,58,68)(H3,53,55,71)/t29-,36-,37-,44-/m0/s1. The number of hydrogen-bond donors (Lipinski definition) is 8. The lowest BCUT2D eigenvalue weighted by Crippen LogP contribution is -2.52. The SMILES string of the molecule is C[C@H](NC(=O)CCNC(=O)[C@@H](N)CCN(C(=O)CO)[C@@H](c1nn(-c2cc(F)ccc2F)cc1Cc1ccccc1)C(C)(C)C)C(=O)N[C@@H](CCCNC(N)=O)C(=O)Nc1ccc(N2C(=O)C=CC2=O)cc1. The average molecular weight is 984 g/mol. The number of amides is 9. The summed E-state index contributed by atoms with van der Waals surface area (Å²) >= 11 is 0. The van der Waals surface area contributed by atoms with Crippen LogP contribution in [0.4, 0.5) is 25.0 Å². The molecule has 1 aliphatic rings. The average Bonchev–Trinajstić information content (AvgIpc) is 3.89. The molecule has 0 unspecified atom stereocenters. The first-order valence-corrected chi connectivity index (χ1v) is 22.8. The summed E-state index contributed by atoms with van der Waals surface area (Å²) in [4.78, 5) is 104. The van der Waals surface area contributed by atoms with Gasteiger partial charge in [0.05, 0.1) is 23.5 Å². The molecule has 2 heterocycles. The molecule has 4 atom stereocenters. The number of benzene rings is 3. The summed E-state index contributed by atoms with van der Waals surface area (Å²) in [6.07, 6.45) is 4.04. The first-order valence-electron chi connectivity index (χ1n) is 22.8. The van der Waals surface area contributed by atoms with Gasteiger partial charge in [-0.25, -0.2) is 23.2 Å². The highest BCUT2D eigenvalue weighted by Crippen LogP contribution is 2.40. The Hall–Kier alpha value is -7.85. The molecule has 0 spiro atoms. The molecule has 1 aliphatic heterocycles. The maximum Gasteiger partial charge on any atom is 0.312 e. The van der Waals surface area contributed by atoms with Crippen LogP contribution in [0, 0.1) is 17.0 Å². The Morgan fingerprint density at radius 2 is 1.52 bits per heavy atom. The molecule has 378 valence electrons. The van der Waals surface area contributed by atoms with Crippen molar-refractivity contribution in [3.05, 3.63) is 120 Å². The summed E-state index contributed by atoms with van der Waals surface area (Å²) in [5.74, 6) is -5.80. The van der Waals surface area contributed by atoms with Gasteiger partial charge in [0.1, 0.15) is 36.0 Å². The van der Waals surface area contributed by atoms with Crippen molar-refractivity contribution in [2.24, 2.45) is 16.9 Å².